The van der Waals surface area contributed by atoms with Gasteiger partial charge in [-0.1, -0.05) is 29.8 Å². The summed E-state index contributed by atoms with van der Waals surface area (Å²) in [5, 5.41) is 0. The van der Waals surface area contributed by atoms with Gasteiger partial charge in [-0.15, -0.1) is 0 Å². The topological polar surface area (TPSA) is 46.3 Å². The predicted molar refractivity (Wildman–Crippen MR) is 79.5 cm³/mol. The molecule has 0 radical (unpaired) electrons. The maximum Gasteiger partial charge on any atom is 0.260 e. The fourth-order valence-corrected chi connectivity index (χ4v) is 2.04. The first kappa shape index (κ1) is 13.1. The van der Waals surface area contributed by atoms with Crippen LogP contribution in [0.1, 0.15) is 21.5 Å². The second-order valence-electron chi connectivity index (χ2n) is 4.74. The summed E-state index contributed by atoms with van der Waals surface area (Å²) in [6, 6.07) is 13.3. The highest BCUT2D eigenvalue weighted by Gasteiger charge is 2.17. The second-order valence-corrected chi connectivity index (χ2v) is 4.74. The van der Waals surface area contributed by atoms with E-state index in [0.29, 0.717) is 11.3 Å². The fraction of sp³-hybridized carbons (Fsp3) is 0.188. The van der Waals surface area contributed by atoms with Crippen LogP contribution in [0.3, 0.4) is 0 Å². The van der Waals surface area contributed by atoms with Crippen molar-refractivity contribution >= 4 is 17.3 Å². The van der Waals surface area contributed by atoms with Crippen LogP contribution in [0.5, 0.6) is 0 Å². The van der Waals surface area contributed by atoms with Crippen LogP contribution >= 0.6 is 0 Å². The van der Waals surface area contributed by atoms with E-state index in [-0.39, 0.29) is 5.91 Å². The zero-order chi connectivity index (χ0) is 14.0. The molecule has 0 spiro atoms. The Morgan fingerprint density at radius 2 is 1.68 bits per heavy atom. The summed E-state index contributed by atoms with van der Waals surface area (Å²) in [7, 11) is 1.76. The Bertz CT molecular complexity index is 582. The van der Waals surface area contributed by atoms with E-state index >= 15 is 0 Å². The van der Waals surface area contributed by atoms with Crippen molar-refractivity contribution in [3.8, 4) is 0 Å². The highest BCUT2D eigenvalue weighted by Crippen LogP contribution is 2.22. The van der Waals surface area contributed by atoms with Gasteiger partial charge < -0.3 is 10.6 Å². The molecule has 0 saturated heterocycles. The number of nitrogens with two attached hydrogens (primary N) is 1. The van der Waals surface area contributed by atoms with Gasteiger partial charge in [0.1, 0.15) is 0 Å². The van der Waals surface area contributed by atoms with Crippen LogP contribution in [0.25, 0.3) is 0 Å². The summed E-state index contributed by atoms with van der Waals surface area (Å²) in [5.41, 5.74) is 9.93. The molecule has 98 valence electrons. The van der Waals surface area contributed by atoms with Gasteiger partial charge in [0, 0.05) is 18.4 Å². The molecular weight excluding hydrogens is 236 g/mol. The van der Waals surface area contributed by atoms with Crippen molar-refractivity contribution in [2.75, 3.05) is 17.7 Å². The third-order valence-corrected chi connectivity index (χ3v) is 3.24. The van der Waals surface area contributed by atoms with Crippen LogP contribution in [0.2, 0.25) is 0 Å². The molecule has 1 amide bonds. The van der Waals surface area contributed by atoms with E-state index in [1.54, 1.807) is 18.0 Å². The quantitative estimate of drug-likeness (QED) is 0.837. The molecule has 0 heterocycles. The van der Waals surface area contributed by atoms with Crippen molar-refractivity contribution in [1.29, 1.82) is 0 Å². The van der Waals surface area contributed by atoms with E-state index in [1.807, 2.05) is 50.2 Å². The number of nitrogen functional groups attached to an aromatic ring is 1. The third kappa shape index (κ3) is 2.60. The molecule has 3 heteroatoms. The lowest BCUT2D eigenvalue weighted by Crippen LogP contribution is -2.27. The number of anilines is 2. The van der Waals surface area contributed by atoms with Gasteiger partial charge >= 0.3 is 0 Å². The molecule has 0 aliphatic rings. The van der Waals surface area contributed by atoms with Crippen molar-refractivity contribution in [2.24, 2.45) is 0 Å². The number of hydrogen-bond acceptors (Lipinski definition) is 2. The highest BCUT2D eigenvalue weighted by atomic mass is 16.2. The maximum absolute atomic E-state index is 12.5. The molecule has 0 atom stereocenters. The summed E-state index contributed by atoms with van der Waals surface area (Å²) in [6.45, 7) is 3.91. The molecule has 0 aliphatic carbocycles. The molecule has 0 fully saturated rings. The minimum Gasteiger partial charge on any atom is -0.398 e. The fourth-order valence-electron chi connectivity index (χ4n) is 2.04. The van der Waals surface area contributed by atoms with Crippen LogP contribution in [-0.2, 0) is 0 Å². The zero-order valence-corrected chi connectivity index (χ0v) is 11.5. The maximum atomic E-state index is 12.5. The van der Waals surface area contributed by atoms with E-state index in [1.165, 1.54) is 5.56 Å². The van der Waals surface area contributed by atoms with Gasteiger partial charge in [0.15, 0.2) is 0 Å². The van der Waals surface area contributed by atoms with E-state index < -0.39 is 0 Å². The summed E-state index contributed by atoms with van der Waals surface area (Å²) < 4.78 is 0. The van der Waals surface area contributed by atoms with E-state index in [0.717, 1.165) is 11.3 Å². The Kier molecular flexibility index (Phi) is 3.56. The van der Waals surface area contributed by atoms with Gasteiger partial charge in [-0.3, -0.25) is 4.79 Å². The largest absolute Gasteiger partial charge is 0.398 e. The van der Waals surface area contributed by atoms with Crippen molar-refractivity contribution in [2.45, 2.75) is 13.8 Å². The number of aryl methyl sites for hydroxylation is 2. The first-order valence-electron chi connectivity index (χ1n) is 6.20. The van der Waals surface area contributed by atoms with Gasteiger partial charge in [-0.2, -0.15) is 0 Å². The van der Waals surface area contributed by atoms with E-state index in [2.05, 4.69) is 0 Å². The monoisotopic (exact) mass is 254 g/mol. The summed E-state index contributed by atoms with van der Waals surface area (Å²) >= 11 is 0. The molecule has 0 aliphatic heterocycles. The molecule has 2 rings (SSSR count). The SMILES string of the molecule is Cc1ccc(N(C)C(=O)c2c(C)cccc2N)cc1. The Morgan fingerprint density at radius 1 is 1.05 bits per heavy atom. The predicted octanol–water partition coefficient (Wildman–Crippen LogP) is 3.16. The van der Waals surface area contributed by atoms with Gasteiger partial charge in [0.2, 0.25) is 0 Å². The van der Waals surface area contributed by atoms with Crippen LogP contribution < -0.4 is 10.6 Å². The number of hydrogen-bond donors (Lipinski definition) is 1. The molecule has 2 aromatic carbocycles. The number of benzene rings is 2. The number of rotatable bonds is 2. The summed E-state index contributed by atoms with van der Waals surface area (Å²) in [6.07, 6.45) is 0. The molecule has 0 bridgehead atoms. The number of amides is 1. The average molecular weight is 254 g/mol. The molecule has 19 heavy (non-hydrogen) atoms. The highest BCUT2D eigenvalue weighted by molar-refractivity contribution is 6.09. The second kappa shape index (κ2) is 5.14. The number of carbonyl (C=O) groups is 1. The van der Waals surface area contributed by atoms with Crippen LogP contribution in [-0.4, -0.2) is 13.0 Å². The third-order valence-electron chi connectivity index (χ3n) is 3.24. The normalized spacial score (nSPS) is 10.3. The lowest BCUT2D eigenvalue weighted by atomic mass is 10.1. The van der Waals surface area contributed by atoms with Crippen molar-refractivity contribution in [3.63, 3.8) is 0 Å². The van der Waals surface area contributed by atoms with Gasteiger partial charge in [-0.05, 0) is 37.6 Å². The smallest absolute Gasteiger partial charge is 0.260 e. The van der Waals surface area contributed by atoms with Crippen molar-refractivity contribution < 1.29 is 4.79 Å². The summed E-state index contributed by atoms with van der Waals surface area (Å²) in [4.78, 5) is 14.1. The number of carbonyl (C=O) groups excluding carboxylic acids is 1. The first-order valence-corrected chi connectivity index (χ1v) is 6.20. The first-order chi connectivity index (χ1) is 9.00. The summed E-state index contributed by atoms with van der Waals surface area (Å²) in [5.74, 6) is -0.0838. The lowest BCUT2D eigenvalue weighted by molar-refractivity contribution is 0.0993. The van der Waals surface area contributed by atoms with E-state index in [4.69, 9.17) is 5.73 Å². The molecule has 0 aromatic heterocycles. The Balaban J connectivity index is 2.36. The molecule has 0 unspecified atom stereocenters. The van der Waals surface area contributed by atoms with Crippen molar-refractivity contribution in [3.05, 3.63) is 59.2 Å². The Morgan fingerprint density at radius 3 is 2.26 bits per heavy atom. The minimum atomic E-state index is -0.0838. The minimum absolute atomic E-state index is 0.0838. The number of nitrogens with zero attached hydrogens (tertiary/aromatic N) is 1. The molecular formula is C16H18N2O. The molecule has 2 aromatic rings. The van der Waals surface area contributed by atoms with E-state index in [9.17, 15) is 4.79 Å². The lowest BCUT2D eigenvalue weighted by Gasteiger charge is -2.19. The van der Waals surface area contributed by atoms with Gasteiger partial charge in [0.25, 0.3) is 5.91 Å². The van der Waals surface area contributed by atoms with Crippen molar-refractivity contribution in [1.82, 2.24) is 0 Å². The average Bonchev–Trinajstić information content (AvgIpc) is 2.38. The molecule has 3 nitrogen and oxygen atoms in total. The van der Waals surface area contributed by atoms with Gasteiger partial charge in [-0.25, -0.2) is 0 Å². The molecule has 0 saturated carbocycles. The zero-order valence-electron chi connectivity index (χ0n) is 11.5. The van der Waals surface area contributed by atoms with Crippen LogP contribution in [0.15, 0.2) is 42.5 Å². The Labute approximate surface area is 113 Å². The van der Waals surface area contributed by atoms with Gasteiger partial charge in [0.05, 0.1) is 5.56 Å². The van der Waals surface area contributed by atoms with Crippen LogP contribution in [0, 0.1) is 13.8 Å². The molecule has 2 N–H and O–H groups in total. The Hall–Kier alpha value is -2.29. The van der Waals surface area contributed by atoms with Crippen LogP contribution in [0.4, 0.5) is 11.4 Å². The standard InChI is InChI=1S/C16H18N2O/c1-11-7-9-13(10-8-11)18(3)16(19)15-12(2)5-4-6-14(15)17/h4-10H,17H2,1-3H3.